The summed E-state index contributed by atoms with van der Waals surface area (Å²) in [5.41, 5.74) is 7.74. The van der Waals surface area contributed by atoms with E-state index in [0.29, 0.717) is 24.0 Å². The molecule has 4 aromatic rings. The van der Waals surface area contributed by atoms with Crippen molar-refractivity contribution in [3.8, 4) is 22.7 Å². The number of aromatic nitrogens is 3. The number of hydrogen-bond acceptors (Lipinski definition) is 5. The van der Waals surface area contributed by atoms with Crippen LogP contribution in [0.5, 0.6) is 0 Å². The van der Waals surface area contributed by atoms with E-state index in [2.05, 4.69) is 63.3 Å². The molecule has 7 heteroatoms. The monoisotopic (exact) mass is 499 g/mol. The van der Waals surface area contributed by atoms with Crippen molar-refractivity contribution in [1.29, 1.82) is 0 Å². The number of hydrogen-bond donors (Lipinski definition) is 2. The van der Waals surface area contributed by atoms with Crippen LogP contribution in [0.1, 0.15) is 72.9 Å². The van der Waals surface area contributed by atoms with E-state index in [9.17, 15) is 4.79 Å². The Kier molecular flexibility index (Phi) is 7.42. The molecule has 7 nitrogen and oxygen atoms in total. The number of fused-ring (bicyclic) bond motifs is 1. The van der Waals surface area contributed by atoms with Crippen molar-refractivity contribution in [3.05, 3.63) is 59.2 Å². The van der Waals surface area contributed by atoms with Crippen LogP contribution in [0.15, 0.2) is 41.0 Å². The molecular weight excluding hydrogens is 462 g/mol. The van der Waals surface area contributed by atoms with Gasteiger partial charge in [-0.3, -0.25) is 9.78 Å². The third kappa shape index (κ3) is 5.62. The average Bonchev–Trinajstić information content (AvgIpc) is 3.62. The number of H-pyrrole nitrogens is 1. The third-order valence-electron chi connectivity index (χ3n) is 7.16. The lowest BCUT2D eigenvalue weighted by atomic mass is 9.95. The molecule has 1 aliphatic rings. The highest BCUT2D eigenvalue weighted by molar-refractivity contribution is 5.95. The van der Waals surface area contributed by atoms with Crippen LogP contribution in [0.2, 0.25) is 0 Å². The Hall–Kier alpha value is -3.45. The maximum absolute atomic E-state index is 12.6. The number of aryl methyl sites for hydroxylation is 2. The van der Waals surface area contributed by atoms with E-state index < -0.39 is 0 Å². The fourth-order valence-electron chi connectivity index (χ4n) is 5.42. The highest BCUT2D eigenvalue weighted by atomic mass is 16.3. The number of rotatable bonds is 9. The van der Waals surface area contributed by atoms with E-state index in [1.165, 1.54) is 37.8 Å². The van der Waals surface area contributed by atoms with Gasteiger partial charge < -0.3 is 19.6 Å². The summed E-state index contributed by atoms with van der Waals surface area (Å²) in [6.45, 7) is 12.7. The predicted octanol–water partition coefficient (Wildman–Crippen LogP) is 6.23. The molecule has 0 bridgehead atoms. The van der Waals surface area contributed by atoms with Crippen molar-refractivity contribution in [2.24, 2.45) is 0 Å². The molecule has 4 heterocycles. The number of nitrogens with zero attached hydrogens (tertiary/aromatic N) is 3. The molecule has 1 fully saturated rings. The number of pyridine rings is 1. The van der Waals surface area contributed by atoms with E-state index in [-0.39, 0.29) is 5.91 Å². The Balaban J connectivity index is 1.31. The van der Waals surface area contributed by atoms with Gasteiger partial charge >= 0.3 is 0 Å². The van der Waals surface area contributed by atoms with Gasteiger partial charge in [0.05, 0.1) is 5.69 Å². The van der Waals surface area contributed by atoms with Gasteiger partial charge in [-0.05, 0) is 101 Å². The maximum atomic E-state index is 12.6. The van der Waals surface area contributed by atoms with E-state index in [1.54, 1.807) is 0 Å². The first kappa shape index (κ1) is 25.2. The second-order valence-electron chi connectivity index (χ2n) is 10.5. The molecular formula is C30H37N5O2. The Bertz CT molecular complexity index is 1370. The molecule has 1 aromatic carbocycles. The van der Waals surface area contributed by atoms with Gasteiger partial charge in [-0.1, -0.05) is 13.8 Å². The lowest BCUT2D eigenvalue weighted by Gasteiger charge is -2.13. The third-order valence-corrected chi connectivity index (χ3v) is 7.16. The van der Waals surface area contributed by atoms with Crippen molar-refractivity contribution >= 4 is 16.8 Å². The number of likely N-dealkylation sites (tertiary alicyclic amines) is 1. The van der Waals surface area contributed by atoms with Crippen molar-refractivity contribution in [1.82, 2.24) is 25.2 Å². The second kappa shape index (κ2) is 10.9. The van der Waals surface area contributed by atoms with Gasteiger partial charge in [-0.15, -0.1) is 0 Å². The standard InChI is InChI=1S/C30H37N5O2/c1-19(2)27-24-17-22(9-10-25(24)33-28(27)23-15-20(3)32-21(4)16-23)30-34-26(18-37-30)29(36)31-11-5-6-12-35-13-7-8-14-35/h9-10,15-19,33H,5-8,11-14H2,1-4H3,(H,31,36). The largest absolute Gasteiger partial charge is 0.444 e. The average molecular weight is 500 g/mol. The van der Waals surface area contributed by atoms with Gasteiger partial charge in [0.2, 0.25) is 5.89 Å². The molecule has 0 atom stereocenters. The number of unbranched alkanes of at least 4 members (excludes halogenated alkanes) is 1. The van der Waals surface area contributed by atoms with Crippen LogP contribution in [-0.2, 0) is 0 Å². The summed E-state index contributed by atoms with van der Waals surface area (Å²) < 4.78 is 5.74. The van der Waals surface area contributed by atoms with Crippen LogP contribution in [0.4, 0.5) is 0 Å². The highest BCUT2D eigenvalue weighted by Crippen LogP contribution is 2.37. The molecule has 0 unspecified atom stereocenters. The number of carbonyl (C=O) groups excluding carboxylic acids is 1. The summed E-state index contributed by atoms with van der Waals surface area (Å²) >= 11 is 0. The van der Waals surface area contributed by atoms with Crippen molar-refractivity contribution in [2.45, 2.75) is 59.3 Å². The van der Waals surface area contributed by atoms with Crippen LogP contribution in [0.3, 0.4) is 0 Å². The van der Waals surface area contributed by atoms with Crippen LogP contribution < -0.4 is 5.32 Å². The Morgan fingerprint density at radius 1 is 1.05 bits per heavy atom. The highest BCUT2D eigenvalue weighted by Gasteiger charge is 2.19. The zero-order valence-electron chi connectivity index (χ0n) is 22.4. The summed E-state index contributed by atoms with van der Waals surface area (Å²) in [6, 6.07) is 10.4. The fraction of sp³-hybridized carbons (Fsp3) is 0.433. The molecule has 1 saturated heterocycles. The Labute approximate surface area is 218 Å². The lowest BCUT2D eigenvalue weighted by Crippen LogP contribution is -2.26. The van der Waals surface area contributed by atoms with Gasteiger partial charge in [0.1, 0.15) is 6.26 Å². The smallest absolute Gasteiger partial charge is 0.273 e. The molecule has 5 rings (SSSR count). The number of aromatic amines is 1. The Morgan fingerprint density at radius 2 is 1.81 bits per heavy atom. The zero-order valence-corrected chi connectivity index (χ0v) is 22.4. The molecule has 0 radical (unpaired) electrons. The lowest BCUT2D eigenvalue weighted by molar-refractivity contribution is 0.0947. The molecule has 3 aromatic heterocycles. The molecule has 1 amide bonds. The Morgan fingerprint density at radius 3 is 2.54 bits per heavy atom. The van der Waals surface area contributed by atoms with Gasteiger partial charge in [0.15, 0.2) is 5.69 Å². The minimum Gasteiger partial charge on any atom is -0.444 e. The fourth-order valence-corrected chi connectivity index (χ4v) is 5.42. The summed E-state index contributed by atoms with van der Waals surface area (Å²) in [5.74, 6) is 0.575. The van der Waals surface area contributed by atoms with E-state index >= 15 is 0 Å². The first-order valence-corrected chi connectivity index (χ1v) is 13.5. The summed E-state index contributed by atoms with van der Waals surface area (Å²) in [5, 5.41) is 4.12. The van der Waals surface area contributed by atoms with Crippen molar-refractivity contribution in [3.63, 3.8) is 0 Å². The van der Waals surface area contributed by atoms with Crippen LogP contribution >= 0.6 is 0 Å². The van der Waals surface area contributed by atoms with Crippen LogP contribution in [0.25, 0.3) is 33.6 Å². The van der Waals surface area contributed by atoms with E-state index in [1.807, 2.05) is 19.9 Å². The molecule has 1 aliphatic heterocycles. The number of oxazole rings is 1. The molecule has 0 spiro atoms. The van der Waals surface area contributed by atoms with Crippen molar-refractivity contribution < 1.29 is 9.21 Å². The topological polar surface area (TPSA) is 87.0 Å². The van der Waals surface area contributed by atoms with Gasteiger partial charge in [-0.25, -0.2) is 4.98 Å². The first-order valence-electron chi connectivity index (χ1n) is 13.5. The molecule has 2 N–H and O–H groups in total. The summed E-state index contributed by atoms with van der Waals surface area (Å²) in [4.78, 5) is 27.8. The zero-order chi connectivity index (χ0) is 25.9. The molecule has 0 aliphatic carbocycles. The van der Waals surface area contributed by atoms with E-state index in [4.69, 9.17) is 4.42 Å². The maximum Gasteiger partial charge on any atom is 0.273 e. The summed E-state index contributed by atoms with van der Waals surface area (Å²) in [6.07, 6.45) is 6.14. The quantitative estimate of drug-likeness (QED) is 0.267. The number of benzene rings is 1. The number of carbonyl (C=O) groups is 1. The van der Waals surface area contributed by atoms with E-state index in [0.717, 1.165) is 58.5 Å². The van der Waals surface area contributed by atoms with Crippen molar-refractivity contribution in [2.75, 3.05) is 26.2 Å². The second-order valence-corrected chi connectivity index (χ2v) is 10.5. The summed E-state index contributed by atoms with van der Waals surface area (Å²) in [7, 11) is 0. The van der Waals surface area contributed by atoms with Crippen LogP contribution in [0, 0.1) is 13.8 Å². The number of amides is 1. The van der Waals surface area contributed by atoms with Gasteiger partial charge in [-0.2, -0.15) is 0 Å². The first-order chi connectivity index (χ1) is 17.9. The normalized spacial score (nSPS) is 14.2. The van der Waals surface area contributed by atoms with Crippen LogP contribution in [-0.4, -0.2) is 51.9 Å². The predicted molar refractivity (Wildman–Crippen MR) is 148 cm³/mol. The molecule has 194 valence electrons. The minimum absolute atomic E-state index is 0.188. The van der Waals surface area contributed by atoms with Gasteiger partial charge in [0, 0.05) is 40.0 Å². The number of nitrogens with one attached hydrogen (secondary N) is 2. The minimum atomic E-state index is -0.188. The molecule has 37 heavy (non-hydrogen) atoms. The molecule has 0 saturated carbocycles. The SMILES string of the molecule is Cc1cc(-c2[nH]c3ccc(-c4nc(C(=O)NCCCCN5CCCC5)co4)cc3c2C(C)C)cc(C)n1. The van der Waals surface area contributed by atoms with Gasteiger partial charge in [0.25, 0.3) is 5.91 Å².